The van der Waals surface area contributed by atoms with Gasteiger partial charge in [0.2, 0.25) is 0 Å². The molecule has 0 saturated carbocycles. The zero-order valence-corrected chi connectivity index (χ0v) is 16.9. The SMILES string of the molecule is C[Si](C)(C)c1c2ccccc2cc2c1c1cccc3c4ccccc4n2c31. The number of fused-ring (bicyclic) bond motifs is 7. The molecule has 0 amide bonds. The molecule has 0 aliphatic rings. The molecule has 4 aromatic carbocycles. The van der Waals surface area contributed by atoms with Crippen LogP contribution in [0.25, 0.3) is 48.9 Å². The van der Waals surface area contributed by atoms with Gasteiger partial charge in [0.05, 0.1) is 24.6 Å². The summed E-state index contributed by atoms with van der Waals surface area (Å²) >= 11 is 0. The molecule has 130 valence electrons. The van der Waals surface area contributed by atoms with Gasteiger partial charge in [-0.05, 0) is 28.1 Å². The number of aromatic nitrogens is 1. The maximum Gasteiger partial charge on any atom is 0.0793 e. The van der Waals surface area contributed by atoms with Crippen molar-refractivity contribution in [3.8, 4) is 0 Å². The predicted molar refractivity (Wildman–Crippen MR) is 122 cm³/mol. The largest absolute Gasteiger partial charge is 0.308 e. The lowest BCUT2D eigenvalue weighted by Gasteiger charge is -2.21. The quantitative estimate of drug-likeness (QED) is 0.292. The zero-order valence-electron chi connectivity index (χ0n) is 15.9. The Morgan fingerprint density at radius 3 is 2.11 bits per heavy atom. The zero-order chi connectivity index (χ0) is 18.3. The van der Waals surface area contributed by atoms with Gasteiger partial charge in [0.1, 0.15) is 0 Å². The molecule has 2 heterocycles. The van der Waals surface area contributed by atoms with Gasteiger partial charge in [-0.1, -0.05) is 80.3 Å². The van der Waals surface area contributed by atoms with Gasteiger partial charge in [0.25, 0.3) is 0 Å². The van der Waals surface area contributed by atoms with E-state index in [1.807, 2.05) is 0 Å². The molecule has 0 N–H and O–H groups in total. The summed E-state index contributed by atoms with van der Waals surface area (Å²) in [5.74, 6) is 0. The third-order valence-corrected chi connectivity index (χ3v) is 8.00. The molecule has 6 rings (SSSR count). The fraction of sp³-hybridized carbons (Fsp3) is 0.120. The molecule has 0 saturated heterocycles. The van der Waals surface area contributed by atoms with Gasteiger partial charge in [-0.25, -0.2) is 0 Å². The molecule has 0 fully saturated rings. The molecule has 2 heteroatoms. The summed E-state index contributed by atoms with van der Waals surface area (Å²) in [5.41, 5.74) is 4.05. The van der Waals surface area contributed by atoms with Crippen LogP contribution in [0.3, 0.4) is 0 Å². The predicted octanol–water partition coefficient (Wildman–Crippen LogP) is 6.54. The molecule has 2 aromatic heterocycles. The summed E-state index contributed by atoms with van der Waals surface area (Å²) in [6.07, 6.45) is 0. The number of nitrogens with zero attached hydrogens (tertiary/aromatic N) is 1. The Labute approximate surface area is 159 Å². The van der Waals surface area contributed by atoms with Crippen LogP contribution in [-0.2, 0) is 0 Å². The summed E-state index contributed by atoms with van der Waals surface area (Å²) in [7, 11) is -1.56. The second-order valence-electron chi connectivity index (χ2n) is 8.67. The fourth-order valence-electron chi connectivity index (χ4n) is 5.03. The molecule has 6 aromatic rings. The molecular formula is C25H21NSi. The third kappa shape index (κ3) is 1.84. The summed E-state index contributed by atoms with van der Waals surface area (Å²) in [6.45, 7) is 7.42. The lowest BCUT2D eigenvalue weighted by molar-refractivity contribution is 1.37. The molecule has 0 bridgehead atoms. The van der Waals surface area contributed by atoms with Crippen LogP contribution in [0.15, 0.2) is 72.8 Å². The lowest BCUT2D eigenvalue weighted by atomic mass is 10.0. The Morgan fingerprint density at radius 1 is 0.630 bits per heavy atom. The van der Waals surface area contributed by atoms with E-state index in [0.717, 1.165) is 0 Å². The molecule has 0 radical (unpaired) electrons. The standard InChI is InChI=1S/C25H21NSi/c1-27(2,3)25-17-10-5-4-9-16(17)15-22-23(25)20-13-8-12-19-18-11-6-7-14-21(18)26(22)24(19)20/h4-15H,1-3H3. The van der Waals surface area contributed by atoms with E-state index < -0.39 is 8.07 Å². The number of hydrogen-bond acceptors (Lipinski definition) is 0. The minimum Gasteiger partial charge on any atom is -0.308 e. The van der Waals surface area contributed by atoms with Crippen molar-refractivity contribution in [3.05, 3.63) is 72.8 Å². The van der Waals surface area contributed by atoms with Crippen LogP contribution in [0, 0.1) is 0 Å². The summed E-state index contributed by atoms with van der Waals surface area (Å²) in [6, 6.07) is 27.0. The van der Waals surface area contributed by atoms with E-state index in [2.05, 4.69) is 96.8 Å². The highest BCUT2D eigenvalue weighted by Crippen LogP contribution is 2.40. The smallest absolute Gasteiger partial charge is 0.0793 e. The van der Waals surface area contributed by atoms with E-state index >= 15 is 0 Å². The number of benzene rings is 4. The maximum absolute atomic E-state index is 2.51. The first kappa shape index (κ1) is 15.2. The Balaban J connectivity index is 2.04. The first-order chi connectivity index (χ1) is 13.1. The topological polar surface area (TPSA) is 4.41 Å². The summed E-state index contributed by atoms with van der Waals surface area (Å²) < 4.78 is 2.51. The van der Waals surface area contributed by atoms with Crippen LogP contribution >= 0.6 is 0 Å². The van der Waals surface area contributed by atoms with E-state index in [4.69, 9.17) is 0 Å². The van der Waals surface area contributed by atoms with E-state index in [1.165, 1.54) is 48.9 Å². The highest BCUT2D eigenvalue weighted by Gasteiger charge is 2.27. The number of para-hydroxylation sites is 2. The first-order valence-corrected chi connectivity index (χ1v) is 13.1. The number of hydrogen-bond donors (Lipinski definition) is 0. The van der Waals surface area contributed by atoms with Gasteiger partial charge in [-0.2, -0.15) is 0 Å². The lowest BCUT2D eigenvalue weighted by Crippen LogP contribution is -2.38. The van der Waals surface area contributed by atoms with Crippen molar-refractivity contribution in [2.24, 2.45) is 0 Å². The second kappa shape index (κ2) is 4.90. The van der Waals surface area contributed by atoms with Crippen LogP contribution < -0.4 is 5.19 Å². The van der Waals surface area contributed by atoms with Gasteiger partial charge in [0, 0.05) is 21.5 Å². The van der Waals surface area contributed by atoms with E-state index in [9.17, 15) is 0 Å². The van der Waals surface area contributed by atoms with Crippen molar-refractivity contribution in [2.75, 3.05) is 0 Å². The molecule has 0 aliphatic carbocycles. The van der Waals surface area contributed by atoms with Gasteiger partial charge in [-0.3, -0.25) is 0 Å². The highest BCUT2D eigenvalue weighted by molar-refractivity contribution is 6.92. The Hall–Kier alpha value is -2.84. The molecule has 0 atom stereocenters. The van der Waals surface area contributed by atoms with Crippen molar-refractivity contribution < 1.29 is 0 Å². The average molecular weight is 364 g/mol. The van der Waals surface area contributed by atoms with Crippen LogP contribution in [0.5, 0.6) is 0 Å². The monoisotopic (exact) mass is 363 g/mol. The van der Waals surface area contributed by atoms with E-state index in [1.54, 1.807) is 5.19 Å². The average Bonchev–Trinajstić information content (AvgIpc) is 3.17. The van der Waals surface area contributed by atoms with Crippen molar-refractivity contribution in [1.82, 2.24) is 4.40 Å². The van der Waals surface area contributed by atoms with Crippen molar-refractivity contribution in [3.63, 3.8) is 0 Å². The Morgan fingerprint density at radius 2 is 1.30 bits per heavy atom. The molecule has 27 heavy (non-hydrogen) atoms. The van der Waals surface area contributed by atoms with E-state index in [-0.39, 0.29) is 0 Å². The van der Waals surface area contributed by atoms with Gasteiger partial charge in [0.15, 0.2) is 0 Å². The maximum atomic E-state index is 2.51. The normalized spacial score (nSPS) is 13.0. The fourth-order valence-corrected chi connectivity index (χ4v) is 7.08. The summed E-state index contributed by atoms with van der Waals surface area (Å²) in [5, 5.41) is 9.97. The Bertz CT molecular complexity index is 1500. The molecule has 0 spiro atoms. The van der Waals surface area contributed by atoms with Crippen LogP contribution in [0.2, 0.25) is 19.6 Å². The third-order valence-electron chi connectivity index (χ3n) is 5.98. The van der Waals surface area contributed by atoms with Gasteiger partial charge < -0.3 is 4.40 Å². The molecular weight excluding hydrogens is 342 g/mol. The molecule has 0 aliphatic heterocycles. The van der Waals surface area contributed by atoms with Crippen LogP contribution in [0.4, 0.5) is 0 Å². The van der Waals surface area contributed by atoms with Crippen LogP contribution in [-0.4, -0.2) is 12.5 Å². The molecule has 0 unspecified atom stereocenters. The van der Waals surface area contributed by atoms with E-state index in [0.29, 0.717) is 0 Å². The minimum atomic E-state index is -1.56. The summed E-state index contributed by atoms with van der Waals surface area (Å²) in [4.78, 5) is 0. The van der Waals surface area contributed by atoms with Crippen molar-refractivity contribution >= 4 is 62.1 Å². The van der Waals surface area contributed by atoms with Gasteiger partial charge >= 0.3 is 0 Å². The van der Waals surface area contributed by atoms with Crippen molar-refractivity contribution in [2.45, 2.75) is 19.6 Å². The number of rotatable bonds is 1. The second-order valence-corrected chi connectivity index (χ2v) is 13.7. The first-order valence-electron chi connectivity index (χ1n) is 9.65. The Kier molecular flexibility index (Phi) is 2.77. The van der Waals surface area contributed by atoms with Crippen molar-refractivity contribution in [1.29, 1.82) is 0 Å². The minimum absolute atomic E-state index is 1.32. The van der Waals surface area contributed by atoms with Gasteiger partial charge in [-0.15, -0.1) is 0 Å². The molecule has 1 nitrogen and oxygen atoms in total. The highest BCUT2D eigenvalue weighted by atomic mass is 28.3. The van der Waals surface area contributed by atoms with Crippen LogP contribution in [0.1, 0.15) is 0 Å².